The molecule has 0 radical (unpaired) electrons. The van der Waals surface area contributed by atoms with Gasteiger partial charge >= 0.3 is 0 Å². The summed E-state index contributed by atoms with van der Waals surface area (Å²) in [7, 11) is 0. The molecule has 0 saturated carbocycles. The fourth-order valence-corrected chi connectivity index (χ4v) is 3.79. The molecule has 1 aromatic heterocycles. The van der Waals surface area contributed by atoms with Crippen LogP contribution in [0, 0.1) is 5.82 Å². The third kappa shape index (κ3) is 4.39. The van der Waals surface area contributed by atoms with Crippen LogP contribution >= 0.6 is 23.1 Å². The molecule has 1 aliphatic heterocycles. The normalized spacial score (nSPS) is 18.0. The van der Waals surface area contributed by atoms with E-state index in [2.05, 4.69) is 15.5 Å². The molecule has 1 aromatic carbocycles. The molecular weight excluding hydrogens is 309 g/mol. The topological polar surface area (TPSA) is 47.0 Å². The molecule has 1 unspecified atom stereocenters. The Morgan fingerprint density at radius 2 is 2.19 bits per heavy atom. The van der Waals surface area contributed by atoms with Gasteiger partial charge < -0.3 is 10.1 Å². The Labute approximate surface area is 131 Å². The van der Waals surface area contributed by atoms with Crippen LogP contribution < -0.4 is 5.32 Å². The van der Waals surface area contributed by atoms with Crippen LogP contribution in [0.1, 0.15) is 18.4 Å². The molecule has 21 heavy (non-hydrogen) atoms. The van der Waals surface area contributed by atoms with Gasteiger partial charge in [0.15, 0.2) is 4.34 Å². The molecular formula is C14H16FN3OS2. The molecule has 3 rings (SSSR count). The summed E-state index contributed by atoms with van der Waals surface area (Å²) in [6.07, 6.45) is 2.54. The molecule has 1 atom stereocenters. The average molecular weight is 325 g/mol. The second-order valence-electron chi connectivity index (χ2n) is 4.80. The number of nitrogens with one attached hydrogen (secondary N) is 1. The summed E-state index contributed by atoms with van der Waals surface area (Å²) >= 11 is 3.15. The van der Waals surface area contributed by atoms with E-state index < -0.39 is 0 Å². The van der Waals surface area contributed by atoms with Crippen LogP contribution in [0.5, 0.6) is 0 Å². The fraction of sp³-hybridized carbons (Fsp3) is 0.429. The summed E-state index contributed by atoms with van der Waals surface area (Å²) < 4.78 is 19.3. The van der Waals surface area contributed by atoms with Crippen LogP contribution in [0.2, 0.25) is 0 Å². The van der Waals surface area contributed by atoms with Crippen LogP contribution in [0.25, 0.3) is 0 Å². The van der Waals surface area contributed by atoms with E-state index in [0.717, 1.165) is 46.8 Å². The maximum Gasteiger partial charge on any atom is 0.206 e. The van der Waals surface area contributed by atoms with Gasteiger partial charge in [-0.3, -0.25) is 0 Å². The molecule has 112 valence electrons. The number of halogens is 1. The minimum absolute atomic E-state index is 0.208. The van der Waals surface area contributed by atoms with Gasteiger partial charge in [-0.1, -0.05) is 35.2 Å². The van der Waals surface area contributed by atoms with Gasteiger partial charge in [-0.15, -0.1) is 10.2 Å². The van der Waals surface area contributed by atoms with E-state index in [9.17, 15) is 4.39 Å². The zero-order valence-electron chi connectivity index (χ0n) is 11.4. The first-order valence-corrected chi connectivity index (χ1v) is 8.66. The fourth-order valence-electron chi connectivity index (χ4n) is 2.07. The van der Waals surface area contributed by atoms with Crippen LogP contribution in [-0.4, -0.2) is 29.5 Å². The van der Waals surface area contributed by atoms with Crippen LogP contribution in [0.4, 0.5) is 9.52 Å². The number of anilines is 1. The highest BCUT2D eigenvalue weighted by Crippen LogP contribution is 2.28. The summed E-state index contributed by atoms with van der Waals surface area (Å²) in [5.41, 5.74) is 1.07. The van der Waals surface area contributed by atoms with Crippen molar-refractivity contribution in [2.45, 2.75) is 29.0 Å². The lowest BCUT2D eigenvalue weighted by Gasteiger charge is -2.08. The van der Waals surface area contributed by atoms with E-state index >= 15 is 0 Å². The predicted molar refractivity (Wildman–Crippen MR) is 83.3 cm³/mol. The molecule has 0 aliphatic carbocycles. The van der Waals surface area contributed by atoms with Crippen molar-refractivity contribution in [2.24, 2.45) is 0 Å². The monoisotopic (exact) mass is 325 g/mol. The zero-order valence-corrected chi connectivity index (χ0v) is 13.1. The number of thioether (sulfide) groups is 1. The molecule has 2 heterocycles. The predicted octanol–water partition coefficient (Wildman–Crippen LogP) is 3.56. The number of benzene rings is 1. The van der Waals surface area contributed by atoms with Crippen molar-refractivity contribution in [3.8, 4) is 0 Å². The first kappa shape index (κ1) is 14.7. The molecule has 0 amide bonds. The highest BCUT2D eigenvalue weighted by atomic mass is 32.2. The SMILES string of the molecule is Fc1ccc(CSc2nnc(NCC3CCCO3)s2)cc1. The Balaban J connectivity index is 1.46. The Bertz CT molecular complexity index is 570. The van der Waals surface area contributed by atoms with Crippen LogP contribution in [0.3, 0.4) is 0 Å². The van der Waals surface area contributed by atoms with E-state index in [0.29, 0.717) is 6.10 Å². The summed E-state index contributed by atoms with van der Waals surface area (Å²) in [5, 5.41) is 12.4. The first-order chi connectivity index (χ1) is 10.3. The van der Waals surface area contributed by atoms with Gasteiger partial charge in [0.2, 0.25) is 5.13 Å². The Kier molecular flexibility index (Phi) is 5.05. The summed E-state index contributed by atoms with van der Waals surface area (Å²) in [6.45, 7) is 1.65. The van der Waals surface area contributed by atoms with Crippen molar-refractivity contribution >= 4 is 28.2 Å². The standard InChI is InChI=1S/C14H16FN3OS2/c15-11-5-3-10(4-6-11)9-20-14-18-17-13(21-14)16-8-12-2-1-7-19-12/h3-6,12H,1-2,7-9H2,(H,16,17). The number of aromatic nitrogens is 2. The van der Waals surface area contributed by atoms with Gasteiger partial charge in [0.25, 0.3) is 0 Å². The third-order valence-electron chi connectivity index (χ3n) is 3.19. The lowest BCUT2D eigenvalue weighted by molar-refractivity contribution is 0.120. The van der Waals surface area contributed by atoms with Crippen molar-refractivity contribution < 1.29 is 9.13 Å². The number of hydrogen-bond donors (Lipinski definition) is 1. The van der Waals surface area contributed by atoms with Crippen molar-refractivity contribution in [1.29, 1.82) is 0 Å². The largest absolute Gasteiger partial charge is 0.376 e. The quantitative estimate of drug-likeness (QED) is 0.823. The van der Waals surface area contributed by atoms with Crippen molar-refractivity contribution in [3.63, 3.8) is 0 Å². The lowest BCUT2D eigenvalue weighted by atomic mass is 10.2. The highest BCUT2D eigenvalue weighted by Gasteiger charge is 2.15. The molecule has 1 aliphatic rings. The van der Waals surface area contributed by atoms with Crippen molar-refractivity contribution in [1.82, 2.24) is 10.2 Å². The number of nitrogens with zero attached hydrogens (tertiary/aromatic N) is 2. The zero-order chi connectivity index (χ0) is 14.5. The van der Waals surface area contributed by atoms with Crippen LogP contribution in [-0.2, 0) is 10.5 Å². The Morgan fingerprint density at radius 1 is 1.33 bits per heavy atom. The molecule has 1 saturated heterocycles. The summed E-state index contributed by atoms with van der Waals surface area (Å²) in [6, 6.07) is 6.54. The summed E-state index contributed by atoms with van der Waals surface area (Å²) in [4.78, 5) is 0. The second kappa shape index (κ2) is 7.20. The molecule has 2 aromatic rings. The summed E-state index contributed by atoms with van der Waals surface area (Å²) in [5.74, 6) is 0.556. The van der Waals surface area contributed by atoms with E-state index in [1.807, 2.05) is 0 Å². The third-order valence-corrected chi connectivity index (χ3v) is 5.27. The molecule has 4 nitrogen and oxygen atoms in total. The number of hydrogen-bond acceptors (Lipinski definition) is 6. The van der Waals surface area contributed by atoms with E-state index in [4.69, 9.17) is 4.74 Å². The maximum absolute atomic E-state index is 12.8. The minimum atomic E-state index is -0.208. The number of ether oxygens (including phenoxy) is 1. The Hall–Kier alpha value is -1.18. The van der Waals surface area contributed by atoms with Crippen molar-refractivity contribution in [3.05, 3.63) is 35.6 Å². The van der Waals surface area contributed by atoms with Gasteiger partial charge in [0, 0.05) is 18.9 Å². The average Bonchev–Trinajstić information content (AvgIpc) is 3.16. The molecule has 0 bridgehead atoms. The second-order valence-corrected chi connectivity index (χ2v) is 7.00. The van der Waals surface area contributed by atoms with Crippen LogP contribution in [0.15, 0.2) is 28.6 Å². The highest BCUT2D eigenvalue weighted by molar-refractivity contribution is 8.00. The smallest absolute Gasteiger partial charge is 0.206 e. The van der Waals surface area contributed by atoms with E-state index in [1.165, 1.54) is 23.5 Å². The minimum Gasteiger partial charge on any atom is -0.376 e. The van der Waals surface area contributed by atoms with E-state index in [-0.39, 0.29) is 5.82 Å². The lowest BCUT2D eigenvalue weighted by Crippen LogP contribution is -2.18. The van der Waals surface area contributed by atoms with Gasteiger partial charge in [-0.2, -0.15) is 0 Å². The van der Waals surface area contributed by atoms with E-state index in [1.54, 1.807) is 23.9 Å². The maximum atomic E-state index is 12.8. The van der Waals surface area contributed by atoms with Crippen molar-refractivity contribution in [2.75, 3.05) is 18.5 Å². The van der Waals surface area contributed by atoms with Gasteiger partial charge in [0.1, 0.15) is 5.82 Å². The number of rotatable bonds is 6. The van der Waals surface area contributed by atoms with Gasteiger partial charge in [0.05, 0.1) is 6.10 Å². The first-order valence-electron chi connectivity index (χ1n) is 6.86. The molecule has 0 spiro atoms. The molecule has 1 N–H and O–H groups in total. The van der Waals surface area contributed by atoms with Gasteiger partial charge in [-0.25, -0.2) is 4.39 Å². The Morgan fingerprint density at radius 3 is 2.95 bits per heavy atom. The molecule has 7 heteroatoms. The van der Waals surface area contributed by atoms with Gasteiger partial charge in [-0.05, 0) is 30.5 Å². The molecule has 1 fully saturated rings.